The van der Waals surface area contributed by atoms with Gasteiger partial charge in [-0.25, -0.2) is 9.37 Å². The topological polar surface area (TPSA) is 76.5 Å². The number of nitriles is 1. The standard InChI is InChI=1S/C20H12Cl2FN5/c21-11-3-12(23)5-13(4-11)26-14-6-16(10-24)28-20(9-14)27-15-7-18(22)17-1-2-25-19(17)8-15/h1-9,25H,(H2,26,27,28). The first-order valence-electron chi connectivity index (χ1n) is 8.19. The largest absolute Gasteiger partial charge is 0.361 e. The predicted octanol–water partition coefficient (Wildman–Crippen LogP) is 6.37. The first-order valence-corrected chi connectivity index (χ1v) is 8.95. The summed E-state index contributed by atoms with van der Waals surface area (Å²) in [5, 5.41) is 17.2. The van der Waals surface area contributed by atoms with Crippen LogP contribution in [0.1, 0.15) is 5.69 Å². The smallest absolute Gasteiger partial charge is 0.144 e. The Bertz CT molecular complexity index is 1210. The van der Waals surface area contributed by atoms with Crippen molar-refractivity contribution in [1.82, 2.24) is 9.97 Å². The van der Waals surface area contributed by atoms with Crippen LogP contribution in [0.25, 0.3) is 10.9 Å². The number of aromatic nitrogens is 2. The molecule has 28 heavy (non-hydrogen) atoms. The number of halogens is 3. The van der Waals surface area contributed by atoms with E-state index >= 15 is 0 Å². The lowest BCUT2D eigenvalue weighted by Gasteiger charge is -2.11. The maximum atomic E-state index is 13.6. The van der Waals surface area contributed by atoms with E-state index in [1.54, 1.807) is 30.5 Å². The monoisotopic (exact) mass is 411 g/mol. The Hall–Kier alpha value is -3.27. The van der Waals surface area contributed by atoms with Gasteiger partial charge in [-0.2, -0.15) is 5.26 Å². The predicted molar refractivity (Wildman–Crippen MR) is 110 cm³/mol. The Kier molecular flexibility index (Phi) is 4.78. The van der Waals surface area contributed by atoms with Crippen LogP contribution in [0.2, 0.25) is 10.0 Å². The molecule has 4 rings (SSSR count). The van der Waals surface area contributed by atoms with Gasteiger partial charge in [0.05, 0.1) is 5.02 Å². The fraction of sp³-hybridized carbons (Fsp3) is 0. The normalized spacial score (nSPS) is 10.6. The number of anilines is 4. The number of H-pyrrole nitrogens is 1. The van der Waals surface area contributed by atoms with E-state index in [1.807, 2.05) is 18.2 Å². The van der Waals surface area contributed by atoms with Crippen LogP contribution in [-0.4, -0.2) is 9.97 Å². The van der Waals surface area contributed by atoms with Crippen molar-refractivity contribution in [1.29, 1.82) is 5.26 Å². The van der Waals surface area contributed by atoms with Crippen LogP contribution in [0.5, 0.6) is 0 Å². The second-order valence-electron chi connectivity index (χ2n) is 6.04. The molecule has 0 fully saturated rings. The summed E-state index contributed by atoms with van der Waals surface area (Å²) in [7, 11) is 0. The van der Waals surface area contributed by atoms with Gasteiger partial charge in [0.15, 0.2) is 0 Å². The first kappa shape index (κ1) is 18.1. The van der Waals surface area contributed by atoms with Crippen LogP contribution in [0, 0.1) is 17.1 Å². The lowest BCUT2D eigenvalue weighted by molar-refractivity contribution is 0.628. The van der Waals surface area contributed by atoms with Gasteiger partial charge in [-0.1, -0.05) is 23.2 Å². The zero-order valence-corrected chi connectivity index (χ0v) is 15.7. The summed E-state index contributed by atoms with van der Waals surface area (Å²) in [6.07, 6.45) is 1.81. The highest BCUT2D eigenvalue weighted by Gasteiger charge is 2.08. The molecule has 3 N–H and O–H groups in total. The molecule has 0 radical (unpaired) electrons. The van der Waals surface area contributed by atoms with Crippen molar-refractivity contribution in [3.63, 3.8) is 0 Å². The van der Waals surface area contributed by atoms with Gasteiger partial charge in [-0.3, -0.25) is 0 Å². The number of hydrogen-bond acceptors (Lipinski definition) is 4. The zero-order valence-electron chi connectivity index (χ0n) is 14.2. The molecule has 5 nitrogen and oxygen atoms in total. The number of nitrogens with one attached hydrogen (secondary N) is 3. The van der Waals surface area contributed by atoms with Gasteiger partial charge in [0.2, 0.25) is 0 Å². The van der Waals surface area contributed by atoms with Crippen LogP contribution in [0.3, 0.4) is 0 Å². The van der Waals surface area contributed by atoms with E-state index in [0.29, 0.717) is 27.9 Å². The summed E-state index contributed by atoms with van der Waals surface area (Å²) in [4.78, 5) is 7.36. The summed E-state index contributed by atoms with van der Waals surface area (Å²) in [5.41, 5.74) is 2.80. The summed E-state index contributed by atoms with van der Waals surface area (Å²) < 4.78 is 13.6. The second-order valence-corrected chi connectivity index (χ2v) is 6.89. The van der Waals surface area contributed by atoms with Crippen LogP contribution >= 0.6 is 23.2 Å². The number of rotatable bonds is 4. The number of aromatic amines is 1. The first-order chi connectivity index (χ1) is 13.5. The van der Waals surface area contributed by atoms with E-state index in [9.17, 15) is 9.65 Å². The average molecular weight is 412 g/mol. The maximum Gasteiger partial charge on any atom is 0.144 e. The van der Waals surface area contributed by atoms with Crippen LogP contribution in [0.15, 0.2) is 54.7 Å². The molecule has 0 aliphatic heterocycles. The van der Waals surface area contributed by atoms with Crippen molar-refractivity contribution in [2.24, 2.45) is 0 Å². The number of fused-ring (bicyclic) bond motifs is 1. The molecule has 2 aromatic carbocycles. The Morgan fingerprint density at radius 1 is 0.964 bits per heavy atom. The Morgan fingerprint density at radius 2 is 1.75 bits per heavy atom. The van der Waals surface area contributed by atoms with Crippen molar-refractivity contribution in [2.75, 3.05) is 10.6 Å². The van der Waals surface area contributed by atoms with Gasteiger partial charge >= 0.3 is 0 Å². The second kappa shape index (κ2) is 7.39. The molecule has 0 saturated carbocycles. The molecule has 2 aromatic heterocycles. The van der Waals surface area contributed by atoms with E-state index in [-0.39, 0.29) is 10.7 Å². The molecule has 4 aromatic rings. The lowest BCUT2D eigenvalue weighted by Crippen LogP contribution is -1.99. The minimum absolute atomic E-state index is 0.196. The van der Waals surface area contributed by atoms with Gasteiger partial charge < -0.3 is 15.6 Å². The van der Waals surface area contributed by atoms with Crippen molar-refractivity contribution in [3.05, 3.63) is 76.3 Å². The third-order valence-electron chi connectivity index (χ3n) is 3.98. The van der Waals surface area contributed by atoms with Crippen molar-refractivity contribution >= 4 is 57.0 Å². The fourth-order valence-electron chi connectivity index (χ4n) is 2.86. The van der Waals surface area contributed by atoms with E-state index in [0.717, 1.165) is 10.9 Å². The third kappa shape index (κ3) is 3.86. The van der Waals surface area contributed by atoms with Gasteiger partial charge in [-0.15, -0.1) is 0 Å². The summed E-state index contributed by atoms with van der Waals surface area (Å²) in [5.74, 6) is -0.0252. The Labute approximate surface area is 169 Å². The molecule has 0 saturated heterocycles. The van der Waals surface area contributed by atoms with E-state index in [2.05, 4.69) is 20.6 Å². The van der Waals surface area contributed by atoms with E-state index in [4.69, 9.17) is 23.2 Å². The van der Waals surface area contributed by atoms with Crippen LogP contribution < -0.4 is 10.6 Å². The molecule has 0 bridgehead atoms. The van der Waals surface area contributed by atoms with Crippen LogP contribution in [-0.2, 0) is 0 Å². The fourth-order valence-corrected chi connectivity index (χ4v) is 3.36. The molecule has 0 aliphatic rings. The molecule has 0 amide bonds. The number of benzene rings is 2. The van der Waals surface area contributed by atoms with Crippen molar-refractivity contribution in [3.8, 4) is 6.07 Å². The minimum Gasteiger partial charge on any atom is -0.361 e. The number of hydrogen-bond donors (Lipinski definition) is 3. The summed E-state index contributed by atoms with van der Waals surface area (Å²) >= 11 is 12.2. The van der Waals surface area contributed by atoms with Crippen molar-refractivity contribution in [2.45, 2.75) is 0 Å². The quantitative estimate of drug-likeness (QED) is 0.364. The molecule has 0 atom stereocenters. The van der Waals surface area contributed by atoms with Crippen LogP contribution in [0.4, 0.5) is 27.3 Å². The number of pyridine rings is 1. The Morgan fingerprint density at radius 3 is 2.54 bits per heavy atom. The van der Waals surface area contributed by atoms with Gasteiger partial charge in [0.1, 0.15) is 23.4 Å². The van der Waals surface area contributed by atoms with E-state index < -0.39 is 5.82 Å². The molecule has 2 heterocycles. The molecular formula is C20H12Cl2FN5. The highest BCUT2D eigenvalue weighted by atomic mass is 35.5. The third-order valence-corrected chi connectivity index (χ3v) is 4.51. The van der Waals surface area contributed by atoms with Gasteiger partial charge in [0.25, 0.3) is 0 Å². The van der Waals surface area contributed by atoms with Gasteiger partial charge in [0, 0.05) is 45.3 Å². The maximum absolute atomic E-state index is 13.6. The molecule has 0 aliphatic carbocycles. The highest BCUT2D eigenvalue weighted by Crippen LogP contribution is 2.30. The van der Waals surface area contributed by atoms with E-state index in [1.165, 1.54) is 12.1 Å². The highest BCUT2D eigenvalue weighted by molar-refractivity contribution is 6.35. The van der Waals surface area contributed by atoms with Gasteiger partial charge in [-0.05, 0) is 42.5 Å². The Balaban J connectivity index is 1.67. The SMILES string of the molecule is N#Cc1cc(Nc2cc(F)cc(Cl)c2)cc(Nc2cc(Cl)c3cc[nH]c3c2)n1. The summed E-state index contributed by atoms with van der Waals surface area (Å²) in [6, 6.07) is 14.9. The van der Waals surface area contributed by atoms with Crippen molar-refractivity contribution < 1.29 is 4.39 Å². The molecule has 138 valence electrons. The molecule has 0 unspecified atom stereocenters. The lowest BCUT2D eigenvalue weighted by atomic mass is 10.2. The molecular weight excluding hydrogens is 400 g/mol. The average Bonchev–Trinajstić information content (AvgIpc) is 3.09. The molecule has 0 spiro atoms. The summed E-state index contributed by atoms with van der Waals surface area (Å²) in [6.45, 7) is 0. The zero-order chi connectivity index (χ0) is 19.7. The molecule has 8 heteroatoms. The minimum atomic E-state index is -0.461. The number of nitrogens with zero attached hydrogens (tertiary/aromatic N) is 2.